The normalized spacial score (nSPS) is 23.6. The number of nitrogens with zero attached hydrogens (tertiary/aromatic N) is 2. The van der Waals surface area contributed by atoms with Gasteiger partial charge in [0, 0.05) is 35.2 Å². The van der Waals surface area contributed by atoms with Crippen LogP contribution in [-0.4, -0.2) is 29.0 Å². The van der Waals surface area contributed by atoms with E-state index in [1.807, 2.05) is 12.3 Å². The first-order chi connectivity index (χ1) is 10.2. The standard InChI is InChI=1S/C17H22BrN3/c1-12-4-3-9-21(16(12)10-19)11-13-6-7-15(18)14-5-2-8-20-17(13)14/h2,5-8,12,16H,3-4,9-11,19H2,1H3. The van der Waals surface area contributed by atoms with Crippen LogP contribution in [0.3, 0.4) is 0 Å². The average molecular weight is 348 g/mol. The molecule has 0 bridgehead atoms. The van der Waals surface area contributed by atoms with Gasteiger partial charge in [0.25, 0.3) is 0 Å². The summed E-state index contributed by atoms with van der Waals surface area (Å²) in [6.45, 7) is 5.13. The topological polar surface area (TPSA) is 42.2 Å². The molecule has 0 aliphatic carbocycles. The molecule has 21 heavy (non-hydrogen) atoms. The number of benzene rings is 1. The molecule has 112 valence electrons. The molecule has 0 saturated carbocycles. The second kappa shape index (κ2) is 6.42. The van der Waals surface area contributed by atoms with Crippen molar-refractivity contribution in [2.45, 2.75) is 32.4 Å². The van der Waals surface area contributed by atoms with Crippen LogP contribution in [0.15, 0.2) is 34.9 Å². The van der Waals surface area contributed by atoms with E-state index in [0.29, 0.717) is 12.0 Å². The largest absolute Gasteiger partial charge is 0.329 e. The smallest absolute Gasteiger partial charge is 0.0758 e. The highest BCUT2D eigenvalue weighted by molar-refractivity contribution is 9.10. The maximum Gasteiger partial charge on any atom is 0.0758 e. The first kappa shape index (κ1) is 14.9. The first-order valence-electron chi connectivity index (χ1n) is 7.67. The zero-order valence-corrected chi connectivity index (χ0v) is 14.0. The Labute approximate surface area is 134 Å². The molecule has 0 radical (unpaired) electrons. The lowest BCUT2D eigenvalue weighted by Crippen LogP contribution is -2.48. The number of likely N-dealkylation sites (tertiary alicyclic amines) is 1. The van der Waals surface area contributed by atoms with E-state index in [4.69, 9.17) is 5.73 Å². The monoisotopic (exact) mass is 347 g/mol. The van der Waals surface area contributed by atoms with Gasteiger partial charge in [-0.1, -0.05) is 35.0 Å². The molecular weight excluding hydrogens is 326 g/mol. The molecule has 2 heterocycles. The van der Waals surface area contributed by atoms with Crippen molar-refractivity contribution < 1.29 is 0 Å². The third-order valence-corrected chi connectivity index (χ3v) is 5.34. The Hall–Kier alpha value is -0.970. The average Bonchev–Trinajstić information content (AvgIpc) is 2.51. The molecule has 0 amide bonds. The molecule has 0 spiro atoms. The lowest BCUT2D eigenvalue weighted by Gasteiger charge is -2.39. The van der Waals surface area contributed by atoms with Crippen molar-refractivity contribution in [3.05, 3.63) is 40.5 Å². The molecule has 1 aromatic heterocycles. The summed E-state index contributed by atoms with van der Waals surface area (Å²) in [7, 11) is 0. The molecule has 4 heteroatoms. The molecule has 1 aliphatic rings. The molecule has 3 nitrogen and oxygen atoms in total. The van der Waals surface area contributed by atoms with Crippen molar-refractivity contribution in [3.8, 4) is 0 Å². The second-order valence-electron chi connectivity index (χ2n) is 6.00. The van der Waals surface area contributed by atoms with Crippen LogP contribution in [0.2, 0.25) is 0 Å². The molecule has 1 aromatic carbocycles. The number of aromatic nitrogens is 1. The lowest BCUT2D eigenvalue weighted by molar-refractivity contribution is 0.0994. The Balaban J connectivity index is 1.93. The van der Waals surface area contributed by atoms with Crippen molar-refractivity contribution in [1.29, 1.82) is 0 Å². The predicted molar refractivity (Wildman–Crippen MR) is 91.1 cm³/mol. The number of hydrogen-bond donors (Lipinski definition) is 1. The second-order valence-corrected chi connectivity index (χ2v) is 6.85. The van der Waals surface area contributed by atoms with Gasteiger partial charge in [0.05, 0.1) is 5.52 Å². The lowest BCUT2D eigenvalue weighted by atomic mass is 9.90. The summed E-state index contributed by atoms with van der Waals surface area (Å²) in [6.07, 6.45) is 4.43. The fourth-order valence-electron chi connectivity index (χ4n) is 3.45. The van der Waals surface area contributed by atoms with Gasteiger partial charge in [-0.15, -0.1) is 0 Å². The number of fused-ring (bicyclic) bond motifs is 1. The molecule has 2 N–H and O–H groups in total. The van der Waals surface area contributed by atoms with Crippen molar-refractivity contribution in [1.82, 2.24) is 9.88 Å². The van der Waals surface area contributed by atoms with Gasteiger partial charge in [-0.25, -0.2) is 0 Å². The van der Waals surface area contributed by atoms with Gasteiger partial charge in [0.15, 0.2) is 0 Å². The van der Waals surface area contributed by atoms with Gasteiger partial charge < -0.3 is 5.73 Å². The van der Waals surface area contributed by atoms with Gasteiger partial charge in [0.1, 0.15) is 0 Å². The minimum atomic E-state index is 0.487. The van der Waals surface area contributed by atoms with Crippen molar-refractivity contribution in [3.63, 3.8) is 0 Å². The fraction of sp³-hybridized carbons (Fsp3) is 0.471. The number of rotatable bonds is 3. The summed E-state index contributed by atoms with van der Waals surface area (Å²) in [6, 6.07) is 8.91. The van der Waals surface area contributed by atoms with E-state index in [0.717, 1.165) is 29.6 Å². The van der Waals surface area contributed by atoms with E-state index in [9.17, 15) is 0 Å². The van der Waals surface area contributed by atoms with E-state index < -0.39 is 0 Å². The van der Waals surface area contributed by atoms with Crippen LogP contribution < -0.4 is 5.73 Å². The zero-order chi connectivity index (χ0) is 14.8. The van der Waals surface area contributed by atoms with E-state index in [1.54, 1.807) is 0 Å². The molecule has 1 fully saturated rings. The SMILES string of the molecule is CC1CCCN(Cc2ccc(Br)c3cccnc23)C1CN. The van der Waals surface area contributed by atoms with Crippen molar-refractivity contribution in [2.75, 3.05) is 13.1 Å². The number of pyridine rings is 1. The highest BCUT2D eigenvalue weighted by Crippen LogP contribution is 2.29. The number of nitrogens with two attached hydrogens (primary N) is 1. The third-order valence-electron chi connectivity index (χ3n) is 4.65. The molecular formula is C17H22BrN3. The van der Waals surface area contributed by atoms with Gasteiger partial charge in [0.2, 0.25) is 0 Å². The maximum atomic E-state index is 6.01. The zero-order valence-electron chi connectivity index (χ0n) is 12.4. The Bertz CT molecular complexity index is 628. The Morgan fingerprint density at radius 3 is 3.05 bits per heavy atom. The molecule has 3 rings (SSSR count). The minimum absolute atomic E-state index is 0.487. The quantitative estimate of drug-likeness (QED) is 0.922. The summed E-state index contributed by atoms with van der Waals surface area (Å²) >= 11 is 3.62. The molecule has 1 aliphatic heterocycles. The molecule has 2 unspecified atom stereocenters. The van der Waals surface area contributed by atoms with Crippen molar-refractivity contribution in [2.24, 2.45) is 11.7 Å². The first-order valence-corrected chi connectivity index (χ1v) is 8.46. The third kappa shape index (κ3) is 2.98. The van der Waals surface area contributed by atoms with Crippen LogP contribution >= 0.6 is 15.9 Å². The van der Waals surface area contributed by atoms with E-state index in [2.05, 4.69) is 50.9 Å². The van der Waals surface area contributed by atoms with Crippen LogP contribution in [-0.2, 0) is 6.54 Å². The summed E-state index contributed by atoms with van der Waals surface area (Å²) in [5.41, 5.74) is 8.40. The van der Waals surface area contributed by atoms with E-state index >= 15 is 0 Å². The number of halogens is 1. The van der Waals surface area contributed by atoms with Crippen LogP contribution in [0, 0.1) is 5.92 Å². The van der Waals surface area contributed by atoms with Crippen molar-refractivity contribution >= 4 is 26.8 Å². The predicted octanol–water partition coefficient (Wildman–Crippen LogP) is 3.56. The minimum Gasteiger partial charge on any atom is -0.329 e. The van der Waals surface area contributed by atoms with Gasteiger partial charge in [-0.05, 0) is 43.0 Å². The summed E-state index contributed by atoms with van der Waals surface area (Å²) in [5, 5.41) is 1.18. The highest BCUT2D eigenvalue weighted by atomic mass is 79.9. The molecule has 2 atom stereocenters. The van der Waals surface area contributed by atoms with E-state index in [1.165, 1.54) is 23.8 Å². The van der Waals surface area contributed by atoms with Crippen LogP contribution in [0.4, 0.5) is 0 Å². The van der Waals surface area contributed by atoms with Crippen LogP contribution in [0.5, 0.6) is 0 Å². The van der Waals surface area contributed by atoms with Gasteiger partial charge in [-0.3, -0.25) is 9.88 Å². The summed E-state index contributed by atoms with van der Waals surface area (Å²) < 4.78 is 1.11. The van der Waals surface area contributed by atoms with Gasteiger partial charge >= 0.3 is 0 Å². The Morgan fingerprint density at radius 2 is 2.24 bits per heavy atom. The van der Waals surface area contributed by atoms with Crippen LogP contribution in [0.1, 0.15) is 25.3 Å². The summed E-state index contributed by atoms with van der Waals surface area (Å²) in [5.74, 6) is 0.679. The highest BCUT2D eigenvalue weighted by Gasteiger charge is 2.27. The van der Waals surface area contributed by atoms with E-state index in [-0.39, 0.29) is 0 Å². The molecule has 2 aromatic rings. The number of piperidine rings is 1. The number of hydrogen-bond acceptors (Lipinski definition) is 3. The Morgan fingerprint density at radius 1 is 1.38 bits per heavy atom. The maximum absolute atomic E-state index is 6.01. The Kier molecular flexibility index (Phi) is 4.57. The fourth-order valence-corrected chi connectivity index (χ4v) is 3.91. The molecule has 1 saturated heterocycles. The van der Waals surface area contributed by atoms with Crippen LogP contribution in [0.25, 0.3) is 10.9 Å². The summed E-state index contributed by atoms with van der Waals surface area (Å²) in [4.78, 5) is 7.12. The van der Waals surface area contributed by atoms with Gasteiger partial charge in [-0.2, -0.15) is 0 Å².